The van der Waals surface area contributed by atoms with E-state index in [4.69, 9.17) is 5.11 Å². The van der Waals surface area contributed by atoms with Crippen molar-refractivity contribution in [1.29, 1.82) is 0 Å². The van der Waals surface area contributed by atoms with E-state index in [1.165, 1.54) is 31.5 Å². The Morgan fingerprint density at radius 2 is 2.21 bits per heavy atom. The maximum absolute atomic E-state index is 11.1. The van der Waals surface area contributed by atoms with E-state index in [0.717, 1.165) is 19.6 Å². The van der Waals surface area contributed by atoms with Crippen LogP contribution in [0.5, 0.6) is 0 Å². The first-order chi connectivity index (χ1) is 9.16. The van der Waals surface area contributed by atoms with Crippen LogP contribution in [0, 0.1) is 0 Å². The molecule has 1 fully saturated rings. The third-order valence-corrected chi connectivity index (χ3v) is 3.31. The summed E-state index contributed by atoms with van der Waals surface area (Å²) in [6.45, 7) is 5.18. The Balaban J connectivity index is 1.94. The quantitative estimate of drug-likeness (QED) is 0.838. The standard InChI is InChI=1S/C13H20N4O2/c1-10(9-17-7-3-2-4-8-17)15-12-11(13(18)19)5-6-14-16-12/h5-6,10H,2-4,7-9H2,1H3,(H,15,16)(H,18,19). The summed E-state index contributed by atoms with van der Waals surface area (Å²) in [7, 11) is 0. The van der Waals surface area contributed by atoms with Gasteiger partial charge in [0.25, 0.3) is 0 Å². The van der Waals surface area contributed by atoms with Crippen molar-refractivity contribution in [2.45, 2.75) is 32.2 Å². The molecule has 0 aliphatic carbocycles. The first-order valence-corrected chi connectivity index (χ1v) is 6.70. The molecule has 0 bridgehead atoms. The number of rotatable bonds is 5. The fourth-order valence-electron chi connectivity index (χ4n) is 2.42. The third kappa shape index (κ3) is 3.89. The number of carboxylic acid groups (broad SMARTS) is 1. The Hall–Kier alpha value is -1.69. The minimum absolute atomic E-state index is 0.146. The largest absolute Gasteiger partial charge is 0.478 e. The van der Waals surface area contributed by atoms with Gasteiger partial charge in [-0.1, -0.05) is 6.42 Å². The van der Waals surface area contributed by atoms with Crippen LogP contribution < -0.4 is 5.32 Å². The predicted octanol–water partition coefficient (Wildman–Crippen LogP) is 1.46. The lowest BCUT2D eigenvalue weighted by Crippen LogP contribution is -2.38. The number of anilines is 1. The number of nitrogens with zero attached hydrogens (tertiary/aromatic N) is 3. The van der Waals surface area contributed by atoms with Crippen molar-refractivity contribution in [3.05, 3.63) is 17.8 Å². The topological polar surface area (TPSA) is 78.3 Å². The molecule has 0 spiro atoms. The SMILES string of the molecule is CC(CN1CCCCC1)Nc1nnccc1C(=O)O. The van der Waals surface area contributed by atoms with E-state index in [1.807, 2.05) is 6.92 Å². The van der Waals surface area contributed by atoms with Crippen molar-refractivity contribution in [2.24, 2.45) is 0 Å². The summed E-state index contributed by atoms with van der Waals surface area (Å²) in [5, 5.41) is 19.8. The zero-order valence-electron chi connectivity index (χ0n) is 11.2. The summed E-state index contributed by atoms with van der Waals surface area (Å²) in [5.41, 5.74) is 0.167. The number of nitrogens with one attached hydrogen (secondary N) is 1. The minimum atomic E-state index is -0.984. The van der Waals surface area contributed by atoms with Crippen LogP contribution in [-0.4, -0.2) is 51.8 Å². The molecular weight excluding hydrogens is 244 g/mol. The Morgan fingerprint density at radius 1 is 1.47 bits per heavy atom. The Bertz CT molecular complexity index is 432. The summed E-state index contributed by atoms with van der Waals surface area (Å²) in [6.07, 6.45) is 5.20. The van der Waals surface area contributed by atoms with Gasteiger partial charge in [0.2, 0.25) is 0 Å². The van der Waals surface area contributed by atoms with Crippen LogP contribution in [-0.2, 0) is 0 Å². The molecule has 2 N–H and O–H groups in total. The van der Waals surface area contributed by atoms with Gasteiger partial charge in [-0.2, -0.15) is 5.10 Å². The summed E-state index contributed by atoms with van der Waals surface area (Å²) < 4.78 is 0. The predicted molar refractivity (Wildman–Crippen MR) is 72.4 cm³/mol. The van der Waals surface area contributed by atoms with Crippen LogP contribution in [0.4, 0.5) is 5.82 Å². The van der Waals surface area contributed by atoms with E-state index < -0.39 is 5.97 Å². The van der Waals surface area contributed by atoms with Gasteiger partial charge in [-0.25, -0.2) is 4.79 Å². The van der Waals surface area contributed by atoms with Crippen LogP contribution in [0.25, 0.3) is 0 Å². The lowest BCUT2D eigenvalue weighted by Gasteiger charge is -2.29. The van der Waals surface area contributed by atoms with E-state index in [1.54, 1.807) is 0 Å². The molecule has 1 unspecified atom stereocenters. The zero-order valence-corrected chi connectivity index (χ0v) is 11.2. The molecule has 2 heterocycles. The molecule has 0 amide bonds. The number of carboxylic acids is 1. The summed E-state index contributed by atoms with van der Waals surface area (Å²) >= 11 is 0. The van der Waals surface area contributed by atoms with Gasteiger partial charge in [0.05, 0.1) is 6.20 Å². The number of carbonyl (C=O) groups is 1. The van der Waals surface area contributed by atoms with E-state index in [-0.39, 0.29) is 11.6 Å². The lowest BCUT2D eigenvalue weighted by molar-refractivity contribution is 0.0697. The molecule has 19 heavy (non-hydrogen) atoms. The molecule has 1 aliphatic heterocycles. The van der Waals surface area contributed by atoms with Crippen molar-refractivity contribution >= 4 is 11.8 Å². The highest BCUT2D eigenvalue weighted by molar-refractivity contribution is 5.92. The highest BCUT2D eigenvalue weighted by Gasteiger charge is 2.16. The molecular formula is C13H20N4O2. The van der Waals surface area contributed by atoms with Crippen LogP contribution in [0.3, 0.4) is 0 Å². The van der Waals surface area contributed by atoms with Gasteiger partial charge in [0, 0.05) is 12.6 Å². The van der Waals surface area contributed by atoms with Crippen molar-refractivity contribution in [3.63, 3.8) is 0 Å². The number of hydrogen-bond acceptors (Lipinski definition) is 5. The molecule has 0 saturated carbocycles. The second-order valence-electron chi connectivity index (χ2n) is 5.01. The highest BCUT2D eigenvalue weighted by atomic mass is 16.4. The molecule has 104 valence electrons. The fourth-order valence-corrected chi connectivity index (χ4v) is 2.42. The van der Waals surface area contributed by atoms with Gasteiger partial charge in [-0.15, -0.1) is 5.10 Å². The number of hydrogen-bond donors (Lipinski definition) is 2. The molecule has 0 radical (unpaired) electrons. The summed E-state index contributed by atoms with van der Waals surface area (Å²) in [6, 6.07) is 1.61. The second-order valence-corrected chi connectivity index (χ2v) is 5.01. The maximum Gasteiger partial charge on any atom is 0.339 e. The van der Waals surface area contributed by atoms with Crippen LogP contribution >= 0.6 is 0 Å². The van der Waals surface area contributed by atoms with Crippen LogP contribution in [0.15, 0.2) is 12.3 Å². The number of likely N-dealkylation sites (tertiary alicyclic amines) is 1. The lowest BCUT2D eigenvalue weighted by atomic mass is 10.1. The molecule has 6 nitrogen and oxygen atoms in total. The highest BCUT2D eigenvalue weighted by Crippen LogP contribution is 2.13. The van der Waals surface area contributed by atoms with Crippen molar-refractivity contribution < 1.29 is 9.90 Å². The molecule has 2 rings (SSSR count). The Kier molecular flexibility index (Phi) is 4.68. The monoisotopic (exact) mass is 264 g/mol. The molecule has 0 aromatic carbocycles. The average molecular weight is 264 g/mol. The Morgan fingerprint density at radius 3 is 2.89 bits per heavy atom. The van der Waals surface area contributed by atoms with Gasteiger partial charge >= 0.3 is 5.97 Å². The first kappa shape index (κ1) is 13.7. The molecule has 1 atom stereocenters. The van der Waals surface area contributed by atoms with E-state index in [2.05, 4.69) is 20.4 Å². The normalized spacial score (nSPS) is 17.9. The van der Waals surface area contributed by atoms with Crippen LogP contribution in [0.2, 0.25) is 0 Å². The van der Waals surface area contributed by atoms with E-state index in [9.17, 15) is 4.79 Å². The zero-order chi connectivity index (χ0) is 13.7. The van der Waals surface area contributed by atoms with Gasteiger partial charge in [-0.3, -0.25) is 0 Å². The molecule has 6 heteroatoms. The number of aromatic carboxylic acids is 1. The van der Waals surface area contributed by atoms with E-state index >= 15 is 0 Å². The Labute approximate surface area is 112 Å². The fraction of sp³-hybridized carbons (Fsp3) is 0.615. The maximum atomic E-state index is 11.1. The van der Waals surface area contributed by atoms with Crippen molar-refractivity contribution in [1.82, 2.24) is 15.1 Å². The van der Waals surface area contributed by atoms with Gasteiger partial charge in [0.1, 0.15) is 5.56 Å². The smallest absolute Gasteiger partial charge is 0.339 e. The van der Waals surface area contributed by atoms with Gasteiger partial charge in [-0.05, 0) is 38.9 Å². The second kappa shape index (κ2) is 6.47. The molecule has 1 aromatic heterocycles. The average Bonchev–Trinajstić information content (AvgIpc) is 2.40. The molecule has 1 aliphatic rings. The minimum Gasteiger partial charge on any atom is -0.478 e. The van der Waals surface area contributed by atoms with Crippen molar-refractivity contribution in [2.75, 3.05) is 25.0 Å². The van der Waals surface area contributed by atoms with Gasteiger partial charge < -0.3 is 15.3 Å². The molecule has 1 saturated heterocycles. The van der Waals surface area contributed by atoms with E-state index in [0.29, 0.717) is 5.82 Å². The summed E-state index contributed by atoms with van der Waals surface area (Å²) in [4.78, 5) is 13.5. The van der Waals surface area contributed by atoms with Crippen LogP contribution in [0.1, 0.15) is 36.5 Å². The summed E-state index contributed by atoms with van der Waals surface area (Å²) in [5.74, 6) is -0.637. The first-order valence-electron chi connectivity index (χ1n) is 6.70. The number of aromatic nitrogens is 2. The van der Waals surface area contributed by atoms with Crippen molar-refractivity contribution in [3.8, 4) is 0 Å². The van der Waals surface area contributed by atoms with Gasteiger partial charge in [0.15, 0.2) is 5.82 Å². The third-order valence-electron chi connectivity index (χ3n) is 3.31. The molecule has 1 aromatic rings. The number of piperidine rings is 1.